The predicted molar refractivity (Wildman–Crippen MR) is 92.9 cm³/mol. The summed E-state index contributed by atoms with van der Waals surface area (Å²) < 4.78 is 11.5. The first kappa shape index (κ1) is 16.3. The normalized spacial score (nSPS) is 16.0. The van der Waals surface area contributed by atoms with E-state index >= 15 is 0 Å². The number of ether oxygens (including phenoxy) is 2. The van der Waals surface area contributed by atoms with E-state index in [1.807, 2.05) is 19.1 Å². The Balaban J connectivity index is 2.10. The molecule has 1 aliphatic heterocycles. The highest BCUT2D eigenvalue weighted by Gasteiger charge is 2.21. The van der Waals surface area contributed by atoms with Crippen molar-refractivity contribution in [1.29, 1.82) is 0 Å². The van der Waals surface area contributed by atoms with Gasteiger partial charge in [-0.2, -0.15) is 5.10 Å². The fourth-order valence-electron chi connectivity index (χ4n) is 2.20. The number of hydrogen-bond donors (Lipinski definition) is 2. The molecule has 1 aromatic rings. The summed E-state index contributed by atoms with van der Waals surface area (Å²) in [6.07, 6.45) is 4.51. The Morgan fingerprint density at radius 3 is 3.14 bits per heavy atom. The van der Waals surface area contributed by atoms with Crippen LogP contribution >= 0.6 is 12.2 Å². The van der Waals surface area contributed by atoms with Crippen molar-refractivity contribution in [3.8, 4) is 11.5 Å². The number of nitrogens with one attached hydrogen (secondary N) is 2. The number of fused-ring (bicyclic) bond motifs is 1. The summed E-state index contributed by atoms with van der Waals surface area (Å²) in [5.41, 5.74) is 4.78. The molecule has 1 aliphatic rings. The molecular formula is C16H21N3O2S. The molecule has 0 aliphatic carbocycles. The van der Waals surface area contributed by atoms with Crippen LogP contribution in [-0.4, -0.2) is 30.6 Å². The van der Waals surface area contributed by atoms with Crippen molar-refractivity contribution in [3.63, 3.8) is 0 Å². The Morgan fingerprint density at radius 1 is 1.59 bits per heavy atom. The van der Waals surface area contributed by atoms with Gasteiger partial charge < -0.3 is 14.8 Å². The SMILES string of the molecule is C=CCNC(=S)N/N=C\c1cc2c(cc1OCC)C[C@@H](C)O2. The first-order valence-corrected chi connectivity index (χ1v) is 7.69. The minimum Gasteiger partial charge on any atom is -0.493 e. The molecule has 0 aromatic heterocycles. The molecule has 0 fully saturated rings. The Labute approximate surface area is 136 Å². The fraction of sp³-hybridized carbons (Fsp3) is 0.375. The van der Waals surface area contributed by atoms with E-state index in [0.717, 1.165) is 23.5 Å². The van der Waals surface area contributed by atoms with Crippen molar-refractivity contribution >= 4 is 23.5 Å². The molecule has 0 saturated carbocycles. The van der Waals surface area contributed by atoms with Crippen molar-refractivity contribution < 1.29 is 9.47 Å². The van der Waals surface area contributed by atoms with Crippen LogP contribution in [0.4, 0.5) is 0 Å². The third kappa shape index (κ3) is 4.21. The maximum Gasteiger partial charge on any atom is 0.187 e. The van der Waals surface area contributed by atoms with Crippen LogP contribution in [0.2, 0.25) is 0 Å². The van der Waals surface area contributed by atoms with Gasteiger partial charge in [-0.25, -0.2) is 0 Å². The second-order valence-corrected chi connectivity index (χ2v) is 5.34. The molecule has 0 unspecified atom stereocenters. The highest BCUT2D eigenvalue weighted by Crippen LogP contribution is 2.34. The second kappa shape index (κ2) is 7.79. The summed E-state index contributed by atoms with van der Waals surface area (Å²) in [5.74, 6) is 1.69. The van der Waals surface area contributed by atoms with E-state index < -0.39 is 0 Å². The van der Waals surface area contributed by atoms with Gasteiger partial charge in [-0.05, 0) is 38.2 Å². The van der Waals surface area contributed by atoms with Gasteiger partial charge in [0.1, 0.15) is 17.6 Å². The van der Waals surface area contributed by atoms with E-state index in [1.165, 1.54) is 5.56 Å². The molecule has 0 bridgehead atoms. The lowest BCUT2D eigenvalue weighted by Gasteiger charge is -2.10. The lowest BCUT2D eigenvalue weighted by molar-refractivity contribution is 0.254. The van der Waals surface area contributed by atoms with Gasteiger partial charge in [0.2, 0.25) is 0 Å². The van der Waals surface area contributed by atoms with E-state index in [2.05, 4.69) is 29.3 Å². The third-order valence-corrected chi connectivity index (χ3v) is 3.34. The van der Waals surface area contributed by atoms with Crippen molar-refractivity contribution in [2.45, 2.75) is 26.4 Å². The van der Waals surface area contributed by atoms with E-state index in [1.54, 1.807) is 12.3 Å². The van der Waals surface area contributed by atoms with Crippen LogP contribution in [0.5, 0.6) is 11.5 Å². The summed E-state index contributed by atoms with van der Waals surface area (Å²) in [7, 11) is 0. The highest BCUT2D eigenvalue weighted by atomic mass is 32.1. The monoisotopic (exact) mass is 319 g/mol. The Bertz CT molecular complexity index is 587. The maximum atomic E-state index is 5.77. The first-order chi connectivity index (χ1) is 10.6. The Kier molecular flexibility index (Phi) is 5.77. The molecule has 0 spiro atoms. The summed E-state index contributed by atoms with van der Waals surface area (Å²) >= 11 is 5.07. The topological polar surface area (TPSA) is 54.9 Å². The van der Waals surface area contributed by atoms with Crippen molar-refractivity contribution in [1.82, 2.24) is 10.7 Å². The largest absolute Gasteiger partial charge is 0.493 e. The molecule has 5 nitrogen and oxygen atoms in total. The quantitative estimate of drug-likeness (QED) is 0.365. The van der Waals surface area contributed by atoms with Crippen LogP contribution in [-0.2, 0) is 6.42 Å². The molecule has 2 rings (SSSR count). The molecule has 0 radical (unpaired) electrons. The maximum absolute atomic E-state index is 5.77. The van der Waals surface area contributed by atoms with Crippen LogP contribution < -0.4 is 20.2 Å². The Morgan fingerprint density at radius 2 is 2.41 bits per heavy atom. The molecule has 6 heteroatoms. The van der Waals surface area contributed by atoms with E-state index in [4.69, 9.17) is 21.7 Å². The van der Waals surface area contributed by atoms with Gasteiger partial charge in [0.25, 0.3) is 0 Å². The van der Waals surface area contributed by atoms with Crippen molar-refractivity contribution in [2.75, 3.05) is 13.2 Å². The third-order valence-electron chi connectivity index (χ3n) is 3.10. The van der Waals surface area contributed by atoms with Crippen LogP contribution in [0.3, 0.4) is 0 Å². The van der Waals surface area contributed by atoms with E-state index in [0.29, 0.717) is 18.3 Å². The molecule has 2 N–H and O–H groups in total. The number of nitrogens with zero attached hydrogens (tertiary/aromatic N) is 1. The fourth-order valence-corrected chi connectivity index (χ4v) is 2.34. The van der Waals surface area contributed by atoms with Gasteiger partial charge in [-0.15, -0.1) is 6.58 Å². The zero-order chi connectivity index (χ0) is 15.9. The van der Waals surface area contributed by atoms with Gasteiger partial charge >= 0.3 is 0 Å². The van der Waals surface area contributed by atoms with E-state index in [9.17, 15) is 0 Å². The Hall–Kier alpha value is -2.08. The lowest BCUT2D eigenvalue weighted by Crippen LogP contribution is -2.31. The van der Waals surface area contributed by atoms with Crippen molar-refractivity contribution in [2.24, 2.45) is 5.10 Å². The van der Waals surface area contributed by atoms with Crippen LogP contribution in [0.15, 0.2) is 29.9 Å². The van der Waals surface area contributed by atoms with Gasteiger partial charge in [0.05, 0.1) is 12.8 Å². The van der Waals surface area contributed by atoms with Crippen LogP contribution in [0, 0.1) is 0 Å². The average Bonchev–Trinajstić information content (AvgIpc) is 2.84. The predicted octanol–water partition coefficient (Wildman–Crippen LogP) is 2.39. The minimum absolute atomic E-state index is 0.200. The molecule has 22 heavy (non-hydrogen) atoms. The first-order valence-electron chi connectivity index (χ1n) is 7.28. The zero-order valence-electron chi connectivity index (χ0n) is 12.9. The number of hydrazone groups is 1. The van der Waals surface area contributed by atoms with Gasteiger partial charge in [0, 0.05) is 24.1 Å². The summed E-state index contributed by atoms with van der Waals surface area (Å²) in [6.45, 7) is 8.82. The number of rotatable bonds is 6. The van der Waals surface area contributed by atoms with Gasteiger partial charge in [-0.1, -0.05) is 6.08 Å². The standard InChI is InChI=1S/C16H21N3O2S/c1-4-6-17-16(22)19-18-10-13-9-15-12(7-11(3)21-15)8-14(13)20-5-2/h4,8-11H,1,5-7H2,2-3H3,(H2,17,19,22)/b18-10-/t11-/m1/s1. The molecule has 1 heterocycles. The smallest absolute Gasteiger partial charge is 0.187 e. The number of thiocarbonyl (C=S) groups is 1. The average molecular weight is 319 g/mol. The molecule has 0 saturated heterocycles. The van der Waals surface area contributed by atoms with Gasteiger partial charge in [-0.3, -0.25) is 5.43 Å². The number of benzene rings is 1. The molecule has 1 atom stereocenters. The molecule has 0 amide bonds. The lowest BCUT2D eigenvalue weighted by atomic mass is 10.1. The summed E-state index contributed by atoms with van der Waals surface area (Å²) in [5, 5.41) is 7.52. The molecular weight excluding hydrogens is 298 g/mol. The van der Waals surface area contributed by atoms with Crippen LogP contribution in [0.25, 0.3) is 0 Å². The molecule has 118 valence electrons. The summed E-state index contributed by atoms with van der Waals surface area (Å²) in [6, 6.07) is 3.98. The zero-order valence-corrected chi connectivity index (χ0v) is 13.7. The number of hydrogen-bond acceptors (Lipinski definition) is 4. The minimum atomic E-state index is 0.200. The van der Waals surface area contributed by atoms with Gasteiger partial charge in [0.15, 0.2) is 5.11 Å². The van der Waals surface area contributed by atoms with E-state index in [-0.39, 0.29) is 6.10 Å². The van der Waals surface area contributed by atoms with Crippen molar-refractivity contribution in [3.05, 3.63) is 35.9 Å². The highest BCUT2D eigenvalue weighted by molar-refractivity contribution is 7.80. The second-order valence-electron chi connectivity index (χ2n) is 4.93. The molecule has 1 aromatic carbocycles. The summed E-state index contributed by atoms with van der Waals surface area (Å²) in [4.78, 5) is 0. The van der Waals surface area contributed by atoms with Crippen LogP contribution in [0.1, 0.15) is 25.0 Å².